The molecule has 39 heavy (non-hydrogen) atoms. The zero-order valence-corrected chi connectivity index (χ0v) is 24.7. The van der Waals surface area contributed by atoms with Crippen LogP contribution >= 0.6 is 0 Å². The second kappa shape index (κ2) is 18.4. The minimum Gasteiger partial charge on any atom is -0.468 e. The first kappa shape index (κ1) is 34.1. The lowest BCUT2D eigenvalue weighted by atomic mass is 10.0. The lowest BCUT2D eigenvalue weighted by molar-refractivity contribution is -0.148. The van der Waals surface area contributed by atoms with Crippen molar-refractivity contribution in [2.75, 3.05) is 20.3 Å². The van der Waals surface area contributed by atoms with Crippen molar-refractivity contribution < 1.29 is 38.1 Å². The molecule has 0 aliphatic carbocycles. The Morgan fingerprint density at radius 3 is 1.77 bits per heavy atom. The SMILES string of the molecule is CCCC(C)C(=O)OCCN[C@@H](Cc1ccc(OC(=O)C(C)CCC)c(OC(=O)C(C)CCC)c1)C(=O)OC. The van der Waals surface area contributed by atoms with E-state index in [9.17, 15) is 19.2 Å². The van der Waals surface area contributed by atoms with E-state index in [0.717, 1.165) is 25.7 Å². The molecular weight excluding hydrogens is 502 g/mol. The van der Waals surface area contributed by atoms with Crippen LogP contribution in [0.5, 0.6) is 11.5 Å². The van der Waals surface area contributed by atoms with Crippen LogP contribution in [0.2, 0.25) is 0 Å². The molecule has 1 N–H and O–H groups in total. The molecule has 0 amide bonds. The summed E-state index contributed by atoms with van der Waals surface area (Å²) >= 11 is 0. The van der Waals surface area contributed by atoms with Crippen LogP contribution in [0.15, 0.2) is 18.2 Å². The summed E-state index contributed by atoms with van der Waals surface area (Å²) in [7, 11) is 1.30. The first-order valence-corrected chi connectivity index (χ1v) is 14.1. The van der Waals surface area contributed by atoms with Crippen LogP contribution in [-0.4, -0.2) is 50.2 Å². The Morgan fingerprint density at radius 2 is 1.26 bits per heavy atom. The Balaban J connectivity index is 3.05. The Kier molecular flexibility index (Phi) is 16.1. The van der Waals surface area contributed by atoms with Crippen LogP contribution in [0.25, 0.3) is 0 Å². The van der Waals surface area contributed by atoms with E-state index < -0.39 is 23.9 Å². The minimum atomic E-state index is -0.734. The third-order valence-corrected chi connectivity index (χ3v) is 6.46. The fourth-order valence-corrected chi connectivity index (χ4v) is 4.06. The molecule has 0 radical (unpaired) electrons. The highest BCUT2D eigenvalue weighted by molar-refractivity contribution is 5.79. The van der Waals surface area contributed by atoms with Gasteiger partial charge in [0.1, 0.15) is 12.6 Å². The molecule has 0 aliphatic heterocycles. The maximum Gasteiger partial charge on any atom is 0.323 e. The zero-order valence-electron chi connectivity index (χ0n) is 24.7. The number of hydrogen-bond donors (Lipinski definition) is 1. The topological polar surface area (TPSA) is 117 Å². The van der Waals surface area contributed by atoms with Gasteiger partial charge in [-0.25, -0.2) is 0 Å². The summed E-state index contributed by atoms with van der Waals surface area (Å²) in [6.07, 6.45) is 4.86. The van der Waals surface area contributed by atoms with Crippen LogP contribution in [0.1, 0.15) is 85.6 Å². The first-order chi connectivity index (χ1) is 18.6. The maximum absolute atomic E-state index is 12.7. The van der Waals surface area contributed by atoms with E-state index in [1.54, 1.807) is 32.0 Å². The Bertz CT molecular complexity index is 932. The van der Waals surface area contributed by atoms with Crippen molar-refractivity contribution >= 4 is 23.9 Å². The highest BCUT2D eigenvalue weighted by Gasteiger charge is 2.24. The summed E-state index contributed by atoms with van der Waals surface area (Å²) in [5.74, 6) is -2.10. The molecule has 0 saturated heterocycles. The molecule has 0 spiro atoms. The molecule has 3 unspecified atom stereocenters. The van der Waals surface area contributed by atoms with Gasteiger partial charge in [0.05, 0.1) is 24.9 Å². The maximum atomic E-state index is 12.7. The Morgan fingerprint density at radius 1 is 0.744 bits per heavy atom. The van der Waals surface area contributed by atoms with Crippen LogP contribution in [0, 0.1) is 17.8 Å². The second-order valence-electron chi connectivity index (χ2n) is 10.1. The quantitative estimate of drug-likeness (QED) is 0.153. The Labute approximate surface area is 233 Å². The molecule has 1 rings (SSSR count). The molecule has 0 saturated carbocycles. The molecule has 0 aromatic heterocycles. The van der Waals surface area contributed by atoms with Crippen molar-refractivity contribution in [3.63, 3.8) is 0 Å². The standard InChI is InChI=1S/C30H47NO8/c1-8-11-20(4)27(32)37-17-16-31-24(30(35)36-7)18-23-14-15-25(38-28(33)21(5)12-9-2)26(19-23)39-29(34)22(6)13-10-3/h14-15,19-22,24,31H,8-13,16-18H2,1-7H3/t20?,21?,22?,24-/m0/s1. The summed E-state index contributed by atoms with van der Waals surface area (Å²) in [5.41, 5.74) is 0.666. The first-order valence-electron chi connectivity index (χ1n) is 14.1. The molecule has 220 valence electrons. The molecule has 9 nitrogen and oxygen atoms in total. The van der Waals surface area contributed by atoms with E-state index in [4.69, 9.17) is 18.9 Å². The van der Waals surface area contributed by atoms with E-state index in [2.05, 4.69) is 5.32 Å². The molecule has 0 bridgehead atoms. The Hall–Kier alpha value is -2.94. The van der Waals surface area contributed by atoms with Gasteiger partial charge in [0.25, 0.3) is 0 Å². The number of benzene rings is 1. The van der Waals surface area contributed by atoms with E-state index in [0.29, 0.717) is 18.4 Å². The van der Waals surface area contributed by atoms with E-state index in [1.807, 2.05) is 27.7 Å². The summed E-state index contributed by atoms with van der Waals surface area (Å²) < 4.78 is 21.5. The van der Waals surface area contributed by atoms with Crippen LogP contribution < -0.4 is 14.8 Å². The molecular formula is C30H47NO8. The summed E-state index contributed by atoms with van der Waals surface area (Å²) in [4.78, 5) is 49.8. The summed E-state index contributed by atoms with van der Waals surface area (Å²) in [5, 5.41) is 3.07. The third kappa shape index (κ3) is 12.2. The van der Waals surface area contributed by atoms with Gasteiger partial charge in [-0.15, -0.1) is 0 Å². The van der Waals surface area contributed by atoms with Gasteiger partial charge >= 0.3 is 23.9 Å². The monoisotopic (exact) mass is 549 g/mol. The number of carbonyl (C=O) groups is 4. The van der Waals surface area contributed by atoms with Crippen molar-refractivity contribution in [3.8, 4) is 11.5 Å². The van der Waals surface area contributed by atoms with Crippen molar-refractivity contribution in [1.82, 2.24) is 5.32 Å². The fraction of sp³-hybridized carbons (Fsp3) is 0.667. The number of carbonyl (C=O) groups excluding carboxylic acids is 4. The van der Waals surface area contributed by atoms with Crippen molar-refractivity contribution in [2.45, 2.75) is 92.5 Å². The smallest absolute Gasteiger partial charge is 0.323 e. The molecule has 0 fully saturated rings. The molecule has 9 heteroatoms. The average molecular weight is 550 g/mol. The van der Waals surface area contributed by atoms with Crippen LogP contribution in [0.3, 0.4) is 0 Å². The van der Waals surface area contributed by atoms with Crippen molar-refractivity contribution in [2.24, 2.45) is 17.8 Å². The van der Waals surface area contributed by atoms with E-state index in [1.165, 1.54) is 7.11 Å². The van der Waals surface area contributed by atoms with Gasteiger partial charge in [0, 0.05) is 6.54 Å². The molecule has 1 aromatic rings. The predicted octanol–water partition coefficient (Wildman–Crippen LogP) is 5.02. The van der Waals surface area contributed by atoms with Gasteiger partial charge in [0.15, 0.2) is 11.5 Å². The number of hydrogen-bond acceptors (Lipinski definition) is 9. The number of methoxy groups -OCH3 is 1. The normalized spacial score (nSPS) is 14.0. The van der Waals surface area contributed by atoms with Gasteiger partial charge in [-0.3, -0.25) is 19.2 Å². The van der Waals surface area contributed by atoms with Crippen molar-refractivity contribution in [3.05, 3.63) is 23.8 Å². The van der Waals surface area contributed by atoms with Crippen LogP contribution in [0.4, 0.5) is 0 Å². The fourth-order valence-electron chi connectivity index (χ4n) is 4.06. The van der Waals surface area contributed by atoms with Gasteiger partial charge in [-0.2, -0.15) is 0 Å². The van der Waals surface area contributed by atoms with E-state index in [-0.39, 0.29) is 54.8 Å². The van der Waals surface area contributed by atoms with Gasteiger partial charge in [-0.1, -0.05) is 66.9 Å². The van der Waals surface area contributed by atoms with Gasteiger partial charge in [0.2, 0.25) is 0 Å². The third-order valence-electron chi connectivity index (χ3n) is 6.46. The van der Waals surface area contributed by atoms with Crippen LogP contribution in [-0.2, 0) is 35.1 Å². The largest absolute Gasteiger partial charge is 0.468 e. The number of ether oxygens (including phenoxy) is 4. The lowest BCUT2D eigenvalue weighted by Gasteiger charge is -2.19. The van der Waals surface area contributed by atoms with Gasteiger partial charge in [-0.05, 0) is 43.4 Å². The minimum absolute atomic E-state index is 0.114. The van der Waals surface area contributed by atoms with E-state index >= 15 is 0 Å². The highest BCUT2D eigenvalue weighted by Crippen LogP contribution is 2.31. The highest BCUT2D eigenvalue weighted by atomic mass is 16.6. The zero-order chi connectivity index (χ0) is 29.4. The number of nitrogens with one attached hydrogen (secondary N) is 1. The number of rotatable bonds is 18. The molecule has 4 atom stereocenters. The predicted molar refractivity (Wildman–Crippen MR) is 148 cm³/mol. The van der Waals surface area contributed by atoms with Crippen molar-refractivity contribution in [1.29, 1.82) is 0 Å². The number of esters is 4. The van der Waals surface area contributed by atoms with Gasteiger partial charge < -0.3 is 24.3 Å². The molecule has 0 aliphatic rings. The molecule has 0 heterocycles. The summed E-state index contributed by atoms with van der Waals surface area (Å²) in [6.45, 7) is 11.8. The lowest BCUT2D eigenvalue weighted by Crippen LogP contribution is -2.41. The second-order valence-corrected chi connectivity index (χ2v) is 10.1. The summed E-state index contributed by atoms with van der Waals surface area (Å²) in [6, 6.07) is 4.16. The average Bonchev–Trinajstić information content (AvgIpc) is 2.91. The molecule has 1 aromatic carbocycles.